The number of nitrogens with one attached hydrogen (secondary N) is 1. The molecule has 1 rings (SSSR count). The number of likely N-dealkylation sites (N-methyl/N-ethyl adjacent to an activating group) is 1. The lowest BCUT2D eigenvalue weighted by atomic mass is 10.1. The van der Waals surface area contributed by atoms with Gasteiger partial charge in [0.05, 0.1) is 11.0 Å². The van der Waals surface area contributed by atoms with Gasteiger partial charge in [0.25, 0.3) is 5.69 Å². The van der Waals surface area contributed by atoms with Crippen molar-refractivity contribution in [2.75, 3.05) is 27.2 Å². The molecule has 7 heteroatoms. The van der Waals surface area contributed by atoms with Crippen molar-refractivity contribution < 1.29 is 14.8 Å². The molecular weight excluding hydrogens is 274 g/mol. The van der Waals surface area contributed by atoms with E-state index in [1.807, 2.05) is 4.90 Å². The highest BCUT2D eigenvalue weighted by molar-refractivity contribution is 5.78. The van der Waals surface area contributed by atoms with Gasteiger partial charge in [-0.05, 0) is 12.6 Å². The molecule has 0 radical (unpaired) electrons. The fraction of sp³-hybridized carbons (Fsp3) is 0.500. The number of carbonyl (C=O) groups is 1. The van der Waals surface area contributed by atoms with Gasteiger partial charge in [0.2, 0.25) is 5.91 Å². The summed E-state index contributed by atoms with van der Waals surface area (Å²) < 4.78 is 0. The predicted molar refractivity (Wildman–Crippen MR) is 78.8 cm³/mol. The van der Waals surface area contributed by atoms with Crippen LogP contribution in [0.5, 0.6) is 0 Å². The van der Waals surface area contributed by atoms with Crippen molar-refractivity contribution >= 4 is 11.6 Å². The summed E-state index contributed by atoms with van der Waals surface area (Å²) in [5, 5.41) is 23.4. The van der Waals surface area contributed by atoms with Crippen molar-refractivity contribution in [3.8, 4) is 0 Å². The van der Waals surface area contributed by atoms with Gasteiger partial charge in [0, 0.05) is 38.2 Å². The average Bonchev–Trinajstić information content (AvgIpc) is 2.46. The molecule has 1 aromatic carbocycles. The second-order valence-electron chi connectivity index (χ2n) is 5.10. The van der Waals surface area contributed by atoms with Gasteiger partial charge >= 0.3 is 0 Å². The molecule has 0 saturated heterocycles. The fourth-order valence-corrected chi connectivity index (χ4v) is 2.12. The van der Waals surface area contributed by atoms with Crippen LogP contribution in [0.15, 0.2) is 24.3 Å². The number of aliphatic hydroxyl groups excluding tert-OH is 1. The van der Waals surface area contributed by atoms with E-state index in [1.165, 1.54) is 12.1 Å². The summed E-state index contributed by atoms with van der Waals surface area (Å²) in [6.45, 7) is 2.59. The number of hydrogen-bond acceptors (Lipinski definition) is 5. The lowest BCUT2D eigenvalue weighted by molar-refractivity contribution is -0.385. The molecule has 0 spiro atoms. The van der Waals surface area contributed by atoms with Gasteiger partial charge < -0.3 is 15.3 Å². The molecular formula is C14H21N3O4. The Morgan fingerprint density at radius 2 is 2.14 bits per heavy atom. The van der Waals surface area contributed by atoms with Crippen LogP contribution < -0.4 is 5.32 Å². The molecule has 0 saturated carbocycles. The molecule has 0 aliphatic heterocycles. The van der Waals surface area contributed by atoms with Crippen molar-refractivity contribution in [3.05, 3.63) is 39.9 Å². The SMILES string of the molecule is CNC(=O)C(C)CN(C)CC(O)c1cccc([N+](=O)[O-])c1. The Kier molecular flexibility index (Phi) is 6.26. The van der Waals surface area contributed by atoms with Crippen molar-refractivity contribution in [1.82, 2.24) is 10.2 Å². The average molecular weight is 295 g/mol. The van der Waals surface area contributed by atoms with E-state index in [-0.39, 0.29) is 17.5 Å². The second-order valence-corrected chi connectivity index (χ2v) is 5.10. The highest BCUT2D eigenvalue weighted by Crippen LogP contribution is 2.20. The quantitative estimate of drug-likeness (QED) is 0.576. The van der Waals surface area contributed by atoms with E-state index >= 15 is 0 Å². The Labute approximate surface area is 123 Å². The standard InChI is InChI=1S/C14H21N3O4/c1-10(14(19)15-2)8-16(3)9-13(18)11-5-4-6-12(7-11)17(20)21/h4-7,10,13,18H,8-9H2,1-3H3,(H,15,19). The summed E-state index contributed by atoms with van der Waals surface area (Å²) in [5.41, 5.74) is 0.441. The number of nitrogens with zero attached hydrogens (tertiary/aromatic N) is 2. The normalized spacial score (nSPS) is 13.8. The zero-order valence-corrected chi connectivity index (χ0v) is 12.4. The highest BCUT2D eigenvalue weighted by Gasteiger charge is 2.18. The summed E-state index contributed by atoms with van der Waals surface area (Å²) in [6.07, 6.45) is -0.841. The first-order chi connectivity index (χ1) is 9.85. The fourth-order valence-electron chi connectivity index (χ4n) is 2.12. The number of amides is 1. The number of aliphatic hydroxyl groups is 1. The second kappa shape index (κ2) is 7.70. The topological polar surface area (TPSA) is 95.7 Å². The maximum absolute atomic E-state index is 11.4. The first kappa shape index (κ1) is 17.1. The van der Waals surface area contributed by atoms with Crippen LogP contribution in [-0.2, 0) is 4.79 Å². The zero-order valence-electron chi connectivity index (χ0n) is 12.4. The minimum atomic E-state index is -0.841. The van der Waals surface area contributed by atoms with E-state index < -0.39 is 11.0 Å². The Bertz CT molecular complexity index is 507. The predicted octanol–water partition coefficient (Wildman–Crippen LogP) is 0.942. The van der Waals surface area contributed by atoms with Gasteiger partial charge in [-0.15, -0.1) is 0 Å². The minimum absolute atomic E-state index is 0.0482. The van der Waals surface area contributed by atoms with Crippen LogP contribution >= 0.6 is 0 Å². The van der Waals surface area contributed by atoms with E-state index in [0.29, 0.717) is 18.7 Å². The molecule has 0 aromatic heterocycles. The number of non-ortho nitro benzene ring substituents is 1. The highest BCUT2D eigenvalue weighted by atomic mass is 16.6. The van der Waals surface area contributed by atoms with E-state index in [9.17, 15) is 20.0 Å². The van der Waals surface area contributed by atoms with Crippen molar-refractivity contribution in [3.63, 3.8) is 0 Å². The summed E-state index contributed by atoms with van der Waals surface area (Å²) in [5.74, 6) is -0.260. The summed E-state index contributed by atoms with van der Waals surface area (Å²) in [4.78, 5) is 23.5. The van der Waals surface area contributed by atoms with E-state index in [4.69, 9.17) is 0 Å². The van der Waals surface area contributed by atoms with Crippen molar-refractivity contribution in [2.45, 2.75) is 13.0 Å². The molecule has 7 nitrogen and oxygen atoms in total. The third-order valence-corrected chi connectivity index (χ3v) is 3.23. The molecule has 2 N–H and O–H groups in total. The van der Waals surface area contributed by atoms with Crippen LogP contribution in [0.25, 0.3) is 0 Å². The number of nitro benzene ring substituents is 1. The Balaban J connectivity index is 2.64. The molecule has 2 atom stereocenters. The summed E-state index contributed by atoms with van der Waals surface area (Å²) in [7, 11) is 3.37. The number of hydrogen-bond donors (Lipinski definition) is 2. The molecule has 1 amide bonds. The first-order valence-corrected chi connectivity index (χ1v) is 6.67. The maximum atomic E-state index is 11.4. The molecule has 0 heterocycles. The lowest BCUT2D eigenvalue weighted by Gasteiger charge is -2.23. The molecule has 1 aromatic rings. The lowest BCUT2D eigenvalue weighted by Crippen LogP contribution is -2.36. The Morgan fingerprint density at radius 3 is 2.71 bits per heavy atom. The largest absolute Gasteiger partial charge is 0.387 e. The van der Waals surface area contributed by atoms with E-state index in [0.717, 1.165) is 0 Å². The van der Waals surface area contributed by atoms with Crippen LogP contribution in [0.4, 0.5) is 5.69 Å². The van der Waals surface area contributed by atoms with Crippen molar-refractivity contribution in [2.24, 2.45) is 5.92 Å². The molecule has 0 aliphatic carbocycles. The minimum Gasteiger partial charge on any atom is -0.387 e. The molecule has 0 bridgehead atoms. The van der Waals surface area contributed by atoms with Gasteiger partial charge in [0.15, 0.2) is 0 Å². The molecule has 0 aliphatic rings. The van der Waals surface area contributed by atoms with Gasteiger partial charge in [-0.3, -0.25) is 14.9 Å². The number of rotatable bonds is 7. The Hall–Kier alpha value is -1.99. The molecule has 116 valence electrons. The van der Waals surface area contributed by atoms with Crippen LogP contribution in [-0.4, -0.2) is 48.0 Å². The van der Waals surface area contributed by atoms with Gasteiger partial charge in [0.1, 0.15) is 0 Å². The van der Waals surface area contributed by atoms with Gasteiger partial charge in [-0.25, -0.2) is 0 Å². The van der Waals surface area contributed by atoms with Crippen LogP contribution in [0.3, 0.4) is 0 Å². The third-order valence-electron chi connectivity index (χ3n) is 3.23. The Morgan fingerprint density at radius 1 is 1.48 bits per heavy atom. The van der Waals surface area contributed by atoms with Crippen molar-refractivity contribution in [1.29, 1.82) is 0 Å². The van der Waals surface area contributed by atoms with E-state index in [1.54, 1.807) is 33.2 Å². The number of carbonyl (C=O) groups excluding carboxylic acids is 1. The monoisotopic (exact) mass is 295 g/mol. The third kappa shape index (κ3) is 5.13. The molecule has 21 heavy (non-hydrogen) atoms. The van der Waals surface area contributed by atoms with E-state index in [2.05, 4.69) is 5.32 Å². The zero-order chi connectivity index (χ0) is 16.0. The van der Waals surface area contributed by atoms with Crippen LogP contribution in [0, 0.1) is 16.0 Å². The van der Waals surface area contributed by atoms with Gasteiger partial charge in [-0.1, -0.05) is 19.1 Å². The number of nitro groups is 1. The first-order valence-electron chi connectivity index (χ1n) is 6.67. The van der Waals surface area contributed by atoms with Crippen LogP contribution in [0.1, 0.15) is 18.6 Å². The molecule has 2 unspecified atom stereocenters. The summed E-state index contributed by atoms with van der Waals surface area (Å²) >= 11 is 0. The maximum Gasteiger partial charge on any atom is 0.269 e. The molecule has 0 fully saturated rings. The van der Waals surface area contributed by atoms with Crippen LogP contribution in [0.2, 0.25) is 0 Å². The smallest absolute Gasteiger partial charge is 0.269 e. The van der Waals surface area contributed by atoms with Gasteiger partial charge in [-0.2, -0.15) is 0 Å². The summed E-state index contributed by atoms with van der Waals surface area (Å²) in [6, 6.07) is 5.94. The number of benzene rings is 1.